The van der Waals surface area contributed by atoms with E-state index >= 15 is 0 Å². The Bertz CT molecular complexity index is 756. The minimum atomic E-state index is -0.343. The van der Waals surface area contributed by atoms with E-state index in [0.29, 0.717) is 24.4 Å². The largest absolute Gasteiger partial charge is 0.447 e. The van der Waals surface area contributed by atoms with E-state index in [1.165, 1.54) is 16.7 Å². The van der Waals surface area contributed by atoms with Gasteiger partial charge in [-0.25, -0.2) is 4.79 Å². The maximum atomic E-state index is 12.7. The summed E-state index contributed by atoms with van der Waals surface area (Å²) >= 11 is 0. The van der Waals surface area contributed by atoms with Gasteiger partial charge in [-0.1, -0.05) is 18.2 Å². The Labute approximate surface area is 147 Å². The van der Waals surface area contributed by atoms with E-state index in [9.17, 15) is 9.59 Å². The molecule has 2 aliphatic carbocycles. The molecule has 25 heavy (non-hydrogen) atoms. The van der Waals surface area contributed by atoms with Crippen LogP contribution in [0.4, 0.5) is 4.79 Å². The molecule has 3 atom stereocenters. The normalized spacial score (nSPS) is 38.2. The van der Waals surface area contributed by atoms with Crippen molar-refractivity contribution in [3.63, 3.8) is 0 Å². The number of hydrogen-bond donors (Lipinski definition) is 1. The third kappa shape index (κ3) is 2.28. The number of benzene rings is 1. The molecule has 0 bridgehead atoms. The first-order valence-corrected chi connectivity index (χ1v) is 9.27. The van der Waals surface area contributed by atoms with Gasteiger partial charge < -0.3 is 15.0 Å². The summed E-state index contributed by atoms with van der Waals surface area (Å²) in [6.07, 6.45) is 1.11. The van der Waals surface area contributed by atoms with Crippen molar-refractivity contribution in [2.45, 2.75) is 38.1 Å². The highest BCUT2D eigenvalue weighted by Gasteiger charge is 2.59. The number of ether oxygens (including phenoxy) is 1. The quantitative estimate of drug-likeness (QED) is 0.899. The van der Waals surface area contributed by atoms with Crippen LogP contribution >= 0.6 is 0 Å². The summed E-state index contributed by atoms with van der Waals surface area (Å²) in [6.45, 7) is 6.53. The fourth-order valence-electron chi connectivity index (χ4n) is 5.20. The van der Waals surface area contributed by atoms with Crippen molar-refractivity contribution in [2.75, 3.05) is 19.7 Å². The van der Waals surface area contributed by atoms with Gasteiger partial charge in [-0.3, -0.25) is 4.79 Å². The first-order valence-electron chi connectivity index (χ1n) is 9.27. The third-order valence-electron chi connectivity index (χ3n) is 6.89. The van der Waals surface area contributed by atoms with Gasteiger partial charge in [0.05, 0.1) is 5.54 Å². The van der Waals surface area contributed by atoms with Crippen molar-refractivity contribution >= 4 is 12.0 Å². The summed E-state index contributed by atoms with van der Waals surface area (Å²) in [5.41, 5.74) is 3.88. The van der Waals surface area contributed by atoms with E-state index in [0.717, 1.165) is 25.9 Å². The summed E-state index contributed by atoms with van der Waals surface area (Å²) in [7, 11) is 0. The molecule has 1 aromatic rings. The van der Waals surface area contributed by atoms with Crippen LogP contribution in [0.3, 0.4) is 0 Å². The van der Waals surface area contributed by atoms with Gasteiger partial charge >= 0.3 is 6.09 Å². The summed E-state index contributed by atoms with van der Waals surface area (Å²) in [5.74, 6) is 2.24. The Morgan fingerprint density at radius 3 is 2.52 bits per heavy atom. The van der Waals surface area contributed by atoms with Gasteiger partial charge in [0, 0.05) is 19.0 Å². The van der Waals surface area contributed by atoms with Crippen LogP contribution in [-0.2, 0) is 9.53 Å². The number of rotatable bonds is 2. The molecule has 132 valence electrons. The second-order valence-corrected chi connectivity index (χ2v) is 8.53. The Morgan fingerprint density at radius 1 is 1.20 bits per heavy atom. The average Bonchev–Trinajstić information content (AvgIpc) is 2.91. The molecule has 1 aromatic carbocycles. The van der Waals surface area contributed by atoms with Crippen LogP contribution in [0.1, 0.15) is 35.4 Å². The number of aryl methyl sites for hydroxylation is 2. The van der Waals surface area contributed by atoms with Gasteiger partial charge in [-0.05, 0) is 61.1 Å². The van der Waals surface area contributed by atoms with E-state index in [1.807, 2.05) is 0 Å². The highest BCUT2D eigenvalue weighted by Crippen LogP contribution is 2.58. The summed E-state index contributed by atoms with van der Waals surface area (Å²) in [5, 5.41) is 2.87. The number of piperidine rings is 1. The Kier molecular flexibility index (Phi) is 3.04. The van der Waals surface area contributed by atoms with Crippen LogP contribution in [0.5, 0.6) is 0 Å². The molecule has 0 radical (unpaired) electrons. The molecule has 1 N–H and O–H groups in total. The molecule has 0 aromatic heterocycles. The van der Waals surface area contributed by atoms with Gasteiger partial charge in [0.25, 0.3) is 0 Å². The van der Waals surface area contributed by atoms with E-state index in [2.05, 4.69) is 42.3 Å². The minimum absolute atomic E-state index is 0.0552. The smallest absolute Gasteiger partial charge is 0.407 e. The molecule has 1 spiro atoms. The molecule has 4 fully saturated rings. The predicted octanol–water partition coefficient (Wildman–Crippen LogP) is 2.36. The molecule has 2 saturated carbocycles. The lowest BCUT2D eigenvalue weighted by Gasteiger charge is -2.43. The maximum Gasteiger partial charge on any atom is 0.407 e. The van der Waals surface area contributed by atoms with Crippen molar-refractivity contribution in [3.05, 3.63) is 34.9 Å². The first-order chi connectivity index (χ1) is 12.0. The van der Waals surface area contributed by atoms with Gasteiger partial charge in [0.1, 0.15) is 6.61 Å². The van der Waals surface area contributed by atoms with E-state index in [4.69, 9.17) is 4.74 Å². The lowest BCUT2D eigenvalue weighted by atomic mass is 9.68. The molecule has 4 aliphatic rings. The van der Waals surface area contributed by atoms with Gasteiger partial charge in [0.15, 0.2) is 0 Å². The summed E-state index contributed by atoms with van der Waals surface area (Å²) in [4.78, 5) is 26.0. The Morgan fingerprint density at radius 2 is 1.92 bits per heavy atom. The van der Waals surface area contributed by atoms with Crippen molar-refractivity contribution in [2.24, 2.45) is 17.8 Å². The van der Waals surface area contributed by atoms with Crippen LogP contribution < -0.4 is 5.32 Å². The van der Waals surface area contributed by atoms with Crippen LogP contribution in [0.25, 0.3) is 0 Å². The standard InChI is InChI=1S/C20H24N2O3/c1-11-3-4-13(5-12(11)2)17-15-8-22(9-16(15)17)18(23)14-6-20(7-14)10-25-19(24)21-20/h3-5,14-17H,6-10H2,1-2H3,(H,21,24)/t14?,15-,16+,17?,20?. The molecule has 1 unspecified atom stereocenters. The molecule has 2 aliphatic heterocycles. The number of hydrogen-bond acceptors (Lipinski definition) is 3. The molecule has 2 heterocycles. The van der Waals surface area contributed by atoms with Crippen LogP contribution in [0, 0.1) is 31.6 Å². The van der Waals surface area contributed by atoms with Gasteiger partial charge in [0.2, 0.25) is 5.91 Å². The Balaban J connectivity index is 1.18. The zero-order chi connectivity index (χ0) is 17.3. The first kappa shape index (κ1) is 15.2. The molecular formula is C20H24N2O3. The number of carbonyl (C=O) groups excluding carboxylic acids is 2. The molecule has 2 amide bonds. The number of nitrogens with zero attached hydrogens (tertiary/aromatic N) is 1. The fraction of sp³-hybridized carbons (Fsp3) is 0.600. The monoisotopic (exact) mass is 340 g/mol. The maximum absolute atomic E-state index is 12.7. The number of alkyl carbamates (subject to hydrolysis) is 1. The SMILES string of the molecule is Cc1ccc(C2[C@H]3CN(C(=O)C4CC5(COC(=O)N5)C4)C[C@@H]23)cc1C. The van der Waals surface area contributed by atoms with E-state index in [-0.39, 0.29) is 23.5 Å². The second kappa shape index (κ2) is 4.99. The van der Waals surface area contributed by atoms with E-state index < -0.39 is 0 Å². The Hall–Kier alpha value is -2.04. The zero-order valence-corrected chi connectivity index (χ0v) is 14.7. The van der Waals surface area contributed by atoms with Crippen LogP contribution in [0.2, 0.25) is 0 Å². The number of likely N-dealkylation sites (tertiary alicyclic amines) is 1. The van der Waals surface area contributed by atoms with Gasteiger partial charge in [-0.2, -0.15) is 0 Å². The highest BCUT2D eigenvalue weighted by atomic mass is 16.6. The average molecular weight is 340 g/mol. The predicted molar refractivity (Wildman–Crippen MR) is 92.2 cm³/mol. The number of cyclic esters (lactones) is 1. The molecule has 5 rings (SSSR count). The molecular weight excluding hydrogens is 316 g/mol. The summed E-state index contributed by atoms with van der Waals surface area (Å²) in [6, 6.07) is 6.80. The lowest BCUT2D eigenvalue weighted by Crippen LogP contribution is -2.58. The minimum Gasteiger partial charge on any atom is -0.447 e. The number of amides is 2. The second-order valence-electron chi connectivity index (χ2n) is 8.53. The fourth-order valence-corrected chi connectivity index (χ4v) is 5.20. The molecule has 5 nitrogen and oxygen atoms in total. The third-order valence-corrected chi connectivity index (χ3v) is 6.89. The van der Waals surface area contributed by atoms with Gasteiger partial charge in [-0.15, -0.1) is 0 Å². The van der Waals surface area contributed by atoms with Crippen LogP contribution in [0.15, 0.2) is 18.2 Å². The van der Waals surface area contributed by atoms with Crippen LogP contribution in [-0.4, -0.2) is 42.1 Å². The number of carbonyl (C=O) groups is 2. The molecule has 2 saturated heterocycles. The van der Waals surface area contributed by atoms with E-state index in [1.54, 1.807) is 0 Å². The van der Waals surface area contributed by atoms with Crippen molar-refractivity contribution in [1.82, 2.24) is 10.2 Å². The zero-order valence-electron chi connectivity index (χ0n) is 14.7. The topological polar surface area (TPSA) is 58.6 Å². The highest BCUT2D eigenvalue weighted by molar-refractivity contribution is 5.82. The van der Waals surface area contributed by atoms with Crippen molar-refractivity contribution in [1.29, 1.82) is 0 Å². The number of nitrogens with one attached hydrogen (secondary N) is 1. The van der Waals surface area contributed by atoms with Crippen molar-refractivity contribution < 1.29 is 14.3 Å². The lowest BCUT2D eigenvalue weighted by molar-refractivity contribution is -0.140. The molecule has 5 heteroatoms. The van der Waals surface area contributed by atoms with Crippen molar-refractivity contribution in [3.8, 4) is 0 Å². The number of fused-ring (bicyclic) bond motifs is 1. The summed E-state index contributed by atoms with van der Waals surface area (Å²) < 4.78 is 4.99.